The highest BCUT2D eigenvalue weighted by Crippen LogP contribution is 2.37. The molecule has 1 unspecified atom stereocenters. The lowest BCUT2D eigenvalue weighted by Gasteiger charge is -2.23. The van der Waals surface area contributed by atoms with Gasteiger partial charge in [0.05, 0.1) is 0 Å². The van der Waals surface area contributed by atoms with Crippen LogP contribution in [0.15, 0.2) is 10.3 Å². The predicted octanol–water partition coefficient (Wildman–Crippen LogP) is 2.34. The highest BCUT2D eigenvalue weighted by molar-refractivity contribution is 8.01. The van der Waals surface area contributed by atoms with E-state index in [0.29, 0.717) is 18.0 Å². The maximum Gasteiger partial charge on any atom is 0.242 e. The van der Waals surface area contributed by atoms with Crippen molar-refractivity contribution < 1.29 is 8.42 Å². The summed E-state index contributed by atoms with van der Waals surface area (Å²) < 4.78 is 28.0. The third-order valence-electron chi connectivity index (χ3n) is 3.53. The fourth-order valence-electron chi connectivity index (χ4n) is 2.43. The lowest BCUT2D eigenvalue weighted by Crippen LogP contribution is -2.37. The minimum absolute atomic E-state index is 0.0418. The Morgan fingerprint density at radius 1 is 1.45 bits per heavy atom. The third kappa shape index (κ3) is 3.57. The summed E-state index contributed by atoms with van der Waals surface area (Å²) in [6.07, 6.45) is 2.25. The largest absolute Gasteiger partial charge is 0.315 e. The lowest BCUT2D eigenvalue weighted by atomic mass is 10.1. The van der Waals surface area contributed by atoms with Gasteiger partial charge in [-0.25, -0.2) is 13.1 Å². The molecule has 1 aromatic heterocycles. The first-order valence-corrected chi connectivity index (χ1v) is 10.1. The molecule has 0 spiro atoms. The van der Waals surface area contributed by atoms with Crippen LogP contribution in [-0.4, -0.2) is 32.5 Å². The van der Waals surface area contributed by atoms with Crippen LogP contribution in [0.4, 0.5) is 0 Å². The number of hydrogen-bond acceptors (Lipinski definition) is 5. The van der Waals surface area contributed by atoms with Gasteiger partial charge in [-0.2, -0.15) is 11.8 Å². The molecule has 20 heavy (non-hydrogen) atoms. The molecular formula is C13H22N2O2S3. The van der Waals surface area contributed by atoms with E-state index in [2.05, 4.69) is 17.0 Å². The maximum atomic E-state index is 12.6. The van der Waals surface area contributed by atoms with Crippen molar-refractivity contribution in [3.05, 3.63) is 15.8 Å². The molecule has 114 valence electrons. The molecule has 2 rings (SSSR count). The molecule has 2 heterocycles. The number of nitrogens with one attached hydrogen (secondary N) is 2. The number of thiophene rings is 1. The van der Waals surface area contributed by atoms with E-state index in [4.69, 9.17) is 0 Å². The zero-order chi connectivity index (χ0) is 14.8. The Balaban J connectivity index is 2.16. The summed E-state index contributed by atoms with van der Waals surface area (Å²) in [5.41, 5.74) is 0.831. The van der Waals surface area contributed by atoms with Gasteiger partial charge in [0, 0.05) is 22.7 Å². The fraction of sp³-hybridized carbons (Fsp3) is 0.692. The molecule has 0 radical (unpaired) electrons. The Morgan fingerprint density at radius 2 is 2.20 bits per heavy atom. The van der Waals surface area contributed by atoms with Crippen molar-refractivity contribution in [1.82, 2.24) is 10.0 Å². The highest BCUT2D eigenvalue weighted by Gasteiger charge is 2.32. The summed E-state index contributed by atoms with van der Waals surface area (Å²) in [5, 5.41) is 4.94. The van der Waals surface area contributed by atoms with Gasteiger partial charge in [0.2, 0.25) is 10.0 Å². The number of hydrogen-bond donors (Lipinski definition) is 2. The van der Waals surface area contributed by atoms with Crippen LogP contribution < -0.4 is 10.0 Å². The second kappa shape index (κ2) is 6.36. The second-order valence-electron chi connectivity index (χ2n) is 5.43. The Kier molecular flexibility index (Phi) is 5.18. The number of aryl methyl sites for hydroxylation is 1. The predicted molar refractivity (Wildman–Crippen MR) is 87.1 cm³/mol. The van der Waals surface area contributed by atoms with Crippen molar-refractivity contribution in [3.63, 3.8) is 0 Å². The van der Waals surface area contributed by atoms with Crippen molar-refractivity contribution in [2.24, 2.45) is 0 Å². The monoisotopic (exact) mass is 334 g/mol. The van der Waals surface area contributed by atoms with Crippen molar-refractivity contribution >= 4 is 33.1 Å². The first kappa shape index (κ1) is 16.3. The summed E-state index contributed by atoms with van der Waals surface area (Å²) in [5.74, 6) is 1.13. The molecule has 1 aromatic rings. The number of sulfonamides is 1. The van der Waals surface area contributed by atoms with Gasteiger partial charge in [-0.05, 0) is 50.4 Å². The Labute approximate surface area is 129 Å². The van der Waals surface area contributed by atoms with Crippen LogP contribution in [0.1, 0.15) is 30.2 Å². The quantitative estimate of drug-likeness (QED) is 0.838. The average Bonchev–Trinajstić information content (AvgIpc) is 2.96. The summed E-state index contributed by atoms with van der Waals surface area (Å²) in [6.45, 7) is 5.09. The SMILES string of the molecule is CNCc1scc(C)c1S(=O)(=O)NCC1(C)CCCS1. The van der Waals surface area contributed by atoms with Gasteiger partial charge in [-0.15, -0.1) is 11.3 Å². The van der Waals surface area contributed by atoms with Crippen molar-refractivity contribution in [1.29, 1.82) is 0 Å². The van der Waals surface area contributed by atoms with Crippen LogP contribution in [0.25, 0.3) is 0 Å². The number of thioether (sulfide) groups is 1. The lowest BCUT2D eigenvalue weighted by molar-refractivity contribution is 0.551. The molecule has 1 aliphatic rings. The van der Waals surface area contributed by atoms with Gasteiger partial charge in [-0.3, -0.25) is 0 Å². The van der Waals surface area contributed by atoms with Gasteiger partial charge in [0.15, 0.2) is 0 Å². The molecule has 0 aliphatic carbocycles. The first-order valence-electron chi connectivity index (χ1n) is 6.73. The standard InChI is InChI=1S/C13H22N2O2S3/c1-10-8-18-11(7-14-3)12(10)20(16,17)15-9-13(2)5-4-6-19-13/h8,14-15H,4-7,9H2,1-3H3. The van der Waals surface area contributed by atoms with E-state index >= 15 is 0 Å². The summed E-state index contributed by atoms with van der Waals surface area (Å²) in [7, 11) is -1.59. The molecule has 4 nitrogen and oxygen atoms in total. The smallest absolute Gasteiger partial charge is 0.242 e. The molecule has 1 fully saturated rings. The van der Waals surface area contributed by atoms with Gasteiger partial charge >= 0.3 is 0 Å². The van der Waals surface area contributed by atoms with Crippen molar-refractivity contribution in [2.75, 3.05) is 19.3 Å². The Morgan fingerprint density at radius 3 is 2.80 bits per heavy atom. The van der Waals surface area contributed by atoms with E-state index in [9.17, 15) is 8.42 Å². The molecule has 0 saturated carbocycles. The third-order valence-corrected chi connectivity index (χ3v) is 7.93. The van der Waals surface area contributed by atoms with Crippen molar-refractivity contribution in [3.8, 4) is 0 Å². The topological polar surface area (TPSA) is 58.2 Å². The molecule has 1 atom stereocenters. The van der Waals surface area contributed by atoms with E-state index < -0.39 is 10.0 Å². The molecule has 1 aliphatic heterocycles. The van der Waals surface area contributed by atoms with E-state index in [1.807, 2.05) is 31.1 Å². The minimum atomic E-state index is -3.42. The maximum absolute atomic E-state index is 12.6. The van der Waals surface area contributed by atoms with Crippen molar-refractivity contribution in [2.45, 2.75) is 42.9 Å². The summed E-state index contributed by atoms with van der Waals surface area (Å²) in [4.78, 5) is 1.34. The first-order chi connectivity index (χ1) is 9.38. The van der Waals surface area contributed by atoms with Gasteiger partial charge < -0.3 is 5.32 Å². The molecule has 0 aromatic carbocycles. The van der Waals surface area contributed by atoms with Gasteiger partial charge in [0.25, 0.3) is 0 Å². The van der Waals surface area contributed by atoms with E-state index in [0.717, 1.165) is 22.6 Å². The van der Waals surface area contributed by atoms with E-state index in [-0.39, 0.29) is 4.75 Å². The average molecular weight is 335 g/mol. The van der Waals surface area contributed by atoms with Crippen LogP contribution in [0.3, 0.4) is 0 Å². The van der Waals surface area contributed by atoms with Crippen LogP contribution in [0.2, 0.25) is 0 Å². The van der Waals surface area contributed by atoms with Crippen LogP contribution in [0, 0.1) is 6.92 Å². The molecule has 7 heteroatoms. The minimum Gasteiger partial charge on any atom is -0.315 e. The Bertz CT molecular complexity index is 560. The van der Waals surface area contributed by atoms with Crippen LogP contribution >= 0.6 is 23.1 Å². The van der Waals surface area contributed by atoms with Gasteiger partial charge in [-0.1, -0.05) is 0 Å². The molecular weight excluding hydrogens is 312 g/mol. The second-order valence-corrected chi connectivity index (χ2v) is 9.78. The van der Waals surface area contributed by atoms with Crippen LogP contribution in [-0.2, 0) is 16.6 Å². The molecule has 1 saturated heterocycles. The zero-order valence-electron chi connectivity index (χ0n) is 12.2. The highest BCUT2D eigenvalue weighted by atomic mass is 32.2. The fourth-order valence-corrected chi connectivity index (χ4v) is 6.75. The molecule has 0 amide bonds. The molecule has 0 bridgehead atoms. The van der Waals surface area contributed by atoms with E-state index in [1.54, 1.807) is 0 Å². The normalized spacial score (nSPS) is 23.4. The molecule has 2 N–H and O–H groups in total. The van der Waals surface area contributed by atoms with Crippen LogP contribution in [0.5, 0.6) is 0 Å². The summed E-state index contributed by atoms with van der Waals surface area (Å²) in [6, 6.07) is 0. The van der Waals surface area contributed by atoms with E-state index in [1.165, 1.54) is 17.8 Å². The summed E-state index contributed by atoms with van der Waals surface area (Å²) >= 11 is 3.36. The number of rotatable bonds is 6. The van der Waals surface area contributed by atoms with Gasteiger partial charge in [0.1, 0.15) is 4.90 Å². The Hall–Kier alpha value is -0.0800. The zero-order valence-corrected chi connectivity index (χ0v) is 14.6.